The van der Waals surface area contributed by atoms with Crippen molar-refractivity contribution in [2.24, 2.45) is 0 Å². The zero-order chi connectivity index (χ0) is 30.7. The van der Waals surface area contributed by atoms with Crippen LogP contribution in [0.5, 0.6) is 0 Å². The average molecular weight is 834 g/mol. The molecule has 222 valence electrons. The van der Waals surface area contributed by atoms with Crippen LogP contribution in [-0.2, 0) is 11.1 Å². The van der Waals surface area contributed by atoms with Crippen molar-refractivity contribution in [2.75, 3.05) is 0 Å². The Bertz CT molecular complexity index is 1080. The van der Waals surface area contributed by atoms with Crippen molar-refractivity contribution in [3.05, 3.63) is 91.0 Å². The molecule has 0 saturated heterocycles. The summed E-state index contributed by atoms with van der Waals surface area (Å²) in [6, 6.07) is 28.2. The molecule has 0 aliphatic carbocycles. The summed E-state index contributed by atoms with van der Waals surface area (Å²) < 4.78 is 10.0. The lowest BCUT2D eigenvalue weighted by Crippen LogP contribution is -2.72. The van der Waals surface area contributed by atoms with E-state index < -0.39 is 50.8 Å². The second-order valence-corrected chi connectivity index (χ2v) is 23.0. The monoisotopic (exact) mass is 828 g/mol. The van der Waals surface area contributed by atoms with Gasteiger partial charge in [-0.3, -0.25) is 0 Å². The minimum atomic E-state index is -3.83. The van der Waals surface area contributed by atoms with Crippen molar-refractivity contribution in [1.29, 1.82) is 0 Å². The average Bonchev–Trinajstić information content (AvgIpc) is 2.87. The molecule has 0 aliphatic heterocycles. The normalized spacial score (nSPS) is 13.6. The Morgan fingerprint density at radius 1 is 0.439 bits per heavy atom. The Labute approximate surface area is 304 Å². The fourth-order valence-electron chi connectivity index (χ4n) is 3.86. The van der Waals surface area contributed by atoms with Gasteiger partial charge in [-0.2, -0.15) is 0 Å². The summed E-state index contributed by atoms with van der Waals surface area (Å²) >= 11 is 70.4. The van der Waals surface area contributed by atoms with Crippen LogP contribution >= 0.6 is 139 Å². The first-order valence-corrected chi connectivity index (χ1v) is 19.1. The van der Waals surface area contributed by atoms with Crippen LogP contribution < -0.4 is 15.6 Å². The zero-order valence-electron chi connectivity index (χ0n) is 20.2. The summed E-state index contributed by atoms with van der Waals surface area (Å²) in [5.41, 5.74) is 0. The highest BCUT2D eigenvalue weighted by Crippen LogP contribution is 2.48. The Hall–Kier alpha value is 1.77. The number of rotatable bonds is 9. The van der Waals surface area contributed by atoms with E-state index in [4.69, 9.17) is 150 Å². The lowest BCUT2D eigenvalue weighted by Gasteiger charge is -2.40. The summed E-state index contributed by atoms with van der Waals surface area (Å²) in [5.74, 6) is 0. The lowest BCUT2D eigenvalue weighted by molar-refractivity contribution is 0.0635. The second kappa shape index (κ2) is 15.1. The molecule has 0 amide bonds. The van der Waals surface area contributed by atoms with Gasteiger partial charge in [-0.1, -0.05) is 230 Å². The Morgan fingerprint density at radius 3 is 0.902 bits per heavy atom. The van der Waals surface area contributed by atoms with Crippen molar-refractivity contribution in [2.45, 2.75) is 27.4 Å². The van der Waals surface area contributed by atoms with E-state index in [1.165, 1.54) is 0 Å². The Balaban J connectivity index is 2.31. The van der Waals surface area contributed by atoms with Crippen molar-refractivity contribution in [3.8, 4) is 0 Å². The van der Waals surface area contributed by atoms with Crippen LogP contribution in [0, 0.1) is 0 Å². The SMILES string of the molecule is ClC(Cl)(Cl)C([O][Al]([O]C(C(Cl)(Cl)Cl)C(Cl)(Cl)Cl)[O][Si](c1ccccc1)(c1ccccc1)c1ccccc1)C(Cl)(Cl)Cl. The Kier molecular flexibility index (Phi) is 13.7. The van der Waals surface area contributed by atoms with Crippen LogP contribution in [0.25, 0.3) is 0 Å². The largest absolute Gasteiger partial charge is 0.895 e. The van der Waals surface area contributed by atoms with Crippen LogP contribution in [0.2, 0.25) is 0 Å². The van der Waals surface area contributed by atoms with Gasteiger partial charge >= 0.3 is 15.1 Å². The highest BCUT2D eigenvalue weighted by Gasteiger charge is 2.59. The van der Waals surface area contributed by atoms with Gasteiger partial charge in [0.25, 0.3) is 8.32 Å². The third kappa shape index (κ3) is 10.1. The molecule has 0 unspecified atom stereocenters. The summed E-state index contributed by atoms with van der Waals surface area (Å²) in [6.07, 6.45) is -3.47. The first-order valence-electron chi connectivity index (χ1n) is 11.3. The summed E-state index contributed by atoms with van der Waals surface area (Å²) in [6.45, 7) is 0. The topological polar surface area (TPSA) is 27.7 Å². The van der Waals surface area contributed by atoms with Crippen LogP contribution in [0.1, 0.15) is 0 Å². The highest BCUT2D eigenvalue weighted by molar-refractivity contribution is 7.09. The van der Waals surface area contributed by atoms with Gasteiger partial charge in [-0.25, -0.2) is 0 Å². The van der Waals surface area contributed by atoms with Crippen LogP contribution in [0.4, 0.5) is 0 Å². The quantitative estimate of drug-likeness (QED) is 0.123. The molecule has 0 heterocycles. The molecule has 41 heavy (non-hydrogen) atoms. The van der Waals surface area contributed by atoms with E-state index >= 15 is 0 Å². The lowest BCUT2D eigenvalue weighted by atomic mass is 10.3. The second-order valence-electron chi connectivity index (χ2n) is 8.38. The molecule has 0 aromatic heterocycles. The molecular formula is C24H17AlCl12O3Si. The molecule has 0 aliphatic rings. The molecule has 0 bridgehead atoms. The maximum Gasteiger partial charge on any atom is 0.895 e. The molecule has 0 N–H and O–H groups in total. The predicted molar refractivity (Wildman–Crippen MR) is 182 cm³/mol. The summed E-state index contributed by atoms with van der Waals surface area (Å²) in [7, 11) is -3.56. The van der Waals surface area contributed by atoms with Gasteiger partial charge in [0.1, 0.15) is 12.2 Å². The molecule has 3 rings (SSSR count). The van der Waals surface area contributed by atoms with Crippen molar-refractivity contribution in [1.82, 2.24) is 0 Å². The maximum atomic E-state index is 6.97. The van der Waals surface area contributed by atoms with Gasteiger partial charge in [0.05, 0.1) is 0 Å². The van der Waals surface area contributed by atoms with Crippen molar-refractivity contribution in [3.63, 3.8) is 0 Å². The zero-order valence-corrected chi connectivity index (χ0v) is 31.4. The molecule has 0 fully saturated rings. The molecule has 17 heteroatoms. The summed E-state index contributed by atoms with van der Waals surface area (Å²) in [5, 5.41) is 2.38. The van der Waals surface area contributed by atoms with Gasteiger partial charge in [0, 0.05) is 0 Å². The number of benzene rings is 3. The molecule has 3 aromatic carbocycles. The van der Waals surface area contributed by atoms with Crippen LogP contribution in [0.3, 0.4) is 0 Å². The smallest absolute Gasteiger partial charge is 0.489 e. The van der Waals surface area contributed by atoms with E-state index in [2.05, 4.69) is 0 Å². The molecule has 0 atom stereocenters. The molecule has 3 nitrogen and oxygen atoms in total. The minimum absolute atomic E-state index is 0.792. The van der Waals surface area contributed by atoms with Gasteiger partial charge in [0.15, 0.2) is 0 Å². The first kappa shape index (κ1) is 37.2. The summed E-state index contributed by atoms with van der Waals surface area (Å²) in [4.78, 5) is 0. The standard InChI is InChI=1S/C18H15OSi.2C3HCl6O.Al/c19-20(16-10-4-1-5-11-16,17-12-6-2-7-13-17)18-14-8-3-9-15-18;2*4-2(5,6)1(10)3(7,8)9;/h1-15H;2*1H;/q3*-1;+3. The van der Waals surface area contributed by atoms with E-state index in [1.54, 1.807) is 0 Å². The van der Waals surface area contributed by atoms with E-state index in [0.717, 1.165) is 15.6 Å². The minimum Gasteiger partial charge on any atom is -0.489 e. The van der Waals surface area contributed by atoms with E-state index in [9.17, 15) is 0 Å². The van der Waals surface area contributed by atoms with Crippen molar-refractivity contribution < 1.29 is 11.1 Å². The van der Waals surface area contributed by atoms with Gasteiger partial charge < -0.3 is 11.1 Å². The molecule has 0 spiro atoms. The van der Waals surface area contributed by atoms with Crippen LogP contribution in [-0.4, -0.2) is 50.8 Å². The third-order valence-corrected chi connectivity index (χ3v) is 14.5. The number of halogens is 12. The fourth-order valence-corrected chi connectivity index (χ4v) is 16.0. The van der Waals surface area contributed by atoms with E-state index in [-0.39, 0.29) is 0 Å². The fraction of sp³-hybridized carbons (Fsp3) is 0.250. The molecule has 0 saturated carbocycles. The molecule has 3 aromatic rings. The van der Waals surface area contributed by atoms with Gasteiger partial charge in [-0.15, -0.1) is 0 Å². The molecular weight excluding hydrogens is 817 g/mol. The first-order chi connectivity index (χ1) is 18.9. The van der Waals surface area contributed by atoms with Gasteiger partial charge in [0.2, 0.25) is 15.2 Å². The van der Waals surface area contributed by atoms with Gasteiger partial charge in [-0.05, 0) is 15.6 Å². The van der Waals surface area contributed by atoms with E-state index in [1.807, 2.05) is 91.0 Å². The van der Waals surface area contributed by atoms with Crippen molar-refractivity contribution >= 4 is 178 Å². The molecule has 0 radical (unpaired) electrons. The third-order valence-electron chi connectivity index (χ3n) is 5.50. The number of hydrogen-bond donors (Lipinski definition) is 0. The Morgan fingerprint density at radius 2 is 0.683 bits per heavy atom. The number of alkyl halides is 12. The van der Waals surface area contributed by atoms with E-state index in [0.29, 0.717) is 0 Å². The number of hydrogen-bond acceptors (Lipinski definition) is 3. The maximum absolute atomic E-state index is 6.97. The predicted octanol–water partition coefficient (Wildman–Crippen LogP) is 8.91. The van der Waals surface area contributed by atoms with Crippen LogP contribution in [0.15, 0.2) is 91.0 Å². The highest BCUT2D eigenvalue weighted by atomic mass is 35.6.